The number of benzene rings is 2. The number of hydrogen-bond donors (Lipinski definition) is 0. The second-order valence-corrected chi connectivity index (χ2v) is 8.51. The van der Waals surface area contributed by atoms with Crippen molar-refractivity contribution in [3.63, 3.8) is 0 Å². The molecule has 0 spiro atoms. The lowest BCUT2D eigenvalue weighted by molar-refractivity contribution is -0.151. The third-order valence-corrected chi connectivity index (χ3v) is 6.12. The van der Waals surface area contributed by atoms with Gasteiger partial charge in [0.2, 0.25) is 0 Å². The summed E-state index contributed by atoms with van der Waals surface area (Å²) in [5.74, 6) is 0.908. The van der Waals surface area contributed by atoms with Crippen LogP contribution in [0.2, 0.25) is 0 Å². The highest BCUT2D eigenvalue weighted by Gasteiger charge is 2.37. The van der Waals surface area contributed by atoms with Gasteiger partial charge in [0.1, 0.15) is 0 Å². The third-order valence-electron chi connectivity index (χ3n) is 6.12. The van der Waals surface area contributed by atoms with Crippen LogP contribution in [0, 0.1) is 27.7 Å². The highest BCUT2D eigenvalue weighted by atomic mass is 16.7. The van der Waals surface area contributed by atoms with Crippen LogP contribution in [-0.2, 0) is 9.47 Å². The second kappa shape index (κ2) is 7.38. The fourth-order valence-electron chi connectivity index (χ4n) is 4.70. The van der Waals surface area contributed by atoms with Crippen LogP contribution in [-0.4, -0.2) is 12.5 Å². The quantitative estimate of drug-likeness (QED) is 0.584. The minimum Gasteiger partial charge on any atom is -0.451 e. The van der Waals surface area contributed by atoms with Crippen molar-refractivity contribution < 1.29 is 9.47 Å². The van der Waals surface area contributed by atoms with E-state index in [1.807, 2.05) is 13.0 Å². The molecular formula is C26H31NO2. The SMILES string of the molecule is CC1=CC(C)O[C@@H](N2c3cccc(C)c3C(C)=CC2c2cc(C)cc(C)c2C)O1. The summed E-state index contributed by atoms with van der Waals surface area (Å²) >= 11 is 0. The van der Waals surface area contributed by atoms with Crippen molar-refractivity contribution in [2.45, 2.75) is 67.0 Å². The van der Waals surface area contributed by atoms with Gasteiger partial charge >= 0.3 is 0 Å². The number of hydrogen-bond acceptors (Lipinski definition) is 3. The zero-order valence-corrected chi connectivity index (χ0v) is 18.5. The Morgan fingerprint density at radius 3 is 2.38 bits per heavy atom. The van der Waals surface area contributed by atoms with Crippen molar-refractivity contribution in [2.75, 3.05) is 4.90 Å². The molecule has 0 fully saturated rings. The Balaban J connectivity index is 1.92. The van der Waals surface area contributed by atoms with Crippen molar-refractivity contribution >= 4 is 11.3 Å². The molecule has 3 nitrogen and oxygen atoms in total. The van der Waals surface area contributed by atoms with E-state index >= 15 is 0 Å². The predicted octanol–water partition coefficient (Wildman–Crippen LogP) is 6.51. The first-order valence-corrected chi connectivity index (χ1v) is 10.4. The van der Waals surface area contributed by atoms with Crippen molar-refractivity contribution in [1.29, 1.82) is 0 Å². The lowest BCUT2D eigenvalue weighted by Crippen LogP contribution is -2.46. The number of nitrogens with zero attached hydrogens (tertiary/aromatic N) is 1. The Kier molecular flexibility index (Phi) is 5.04. The summed E-state index contributed by atoms with van der Waals surface area (Å²) in [6.45, 7) is 15.0. The lowest BCUT2D eigenvalue weighted by atomic mass is 9.87. The average Bonchev–Trinajstić information content (AvgIpc) is 2.63. The summed E-state index contributed by atoms with van der Waals surface area (Å²) in [7, 11) is 0. The molecule has 29 heavy (non-hydrogen) atoms. The van der Waals surface area contributed by atoms with Crippen LogP contribution in [0.3, 0.4) is 0 Å². The lowest BCUT2D eigenvalue weighted by Gasteiger charge is -2.44. The highest BCUT2D eigenvalue weighted by Crippen LogP contribution is 2.45. The maximum atomic E-state index is 6.28. The fraction of sp³-hybridized carbons (Fsp3) is 0.385. The number of allylic oxidation sites excluding steroid dienone is 2. The van der Waals surface area contributed by atoms with Crippen LogP contribution in [0.5, 0.6) is 0 Å². The van der Waals surface area contributed by atoms with Gasteiger partial charge in [-0.15, -0.1) is 0 Å². The van der Waals surface area contributed by atoms with E-state index in [0.717, 1.165) is 5.76 Å². The van der Waals surface area contributed by atoms with E-state index in [4.69, 9.17) is 9.47 Å². The minimum atomic E-state index is -0.467. The highest BCUT2D eigenvalue weighted by molar-refractivity contribution is 5.82. The molecule has 2 aliphatic rings. The molecule has 152 valence electrons. The fourth-order valence-corrected chi connectivity index (χ4v) is 4.70. The van der Waals surface area contributed by atoms with Crippen LogP contribution in [0.25, 0.3) is 5.57 Å². The molecule has 2 unspecified atom stereocenters. The van der Waals surface area contributed by atoms with Gasteiger partial charge in [-0.25, -0.2) is 0 Å². The Morgan fingerprint density at radius 2 is 1.66 bits per heavy atom. The molecule has 2 heterocycles. The molecular weight excluding hydrogens is 358 g/mol. The topological polar surface area (TPSA) is 21.7 Å². The van der Waals surface area contributed by atoms with Gasteiger partial charge in [0, 0.05) is 5.56 Å². The summed E-state index contributed by atoms with van der Waals surface area (Å²) in [5, 5.41) is 0. The van der Waals surface area contributed by atoms with E-state index in [1.54, 1.807) is 0 Å². The predicted molar refractivity (Wildman–Crippen MR) is 120 cm³/mol. The van der Waals surface area contributed by atoms with Crippen LogP contribution in [0.4, 0.5) is 5.69 Å². The molecule has 0 N–H and O–H groups in total. The molecule has 2 aromatic carbocycles. The first kappa shape index (κ1) is 19.8. The number of fused-ring (bicyclic) bond motifs is 1. The van der Waals surface area contributed by atoms with Crippen LogP contribution in [0.1, 0.15) is 60.2 Å². The van der Waals surface area contributed by atoms with Crippen molar-refractivity contribution in [3.8, 4) is 0 Å². The van der Waals surface area contributed by atoms with Gasteiger partial charge in [-0.1, -0.05) is 35.9 Å². The van der Waals surface area contributed by atoms with Crippen molar-refractivity contribution in [3.05, 3.63) is 81.6 Å². The van der Waals surface area contributed by atoms with Crippen LogP contribution in [0.15, 0.2) is 48.2 Å². The monoisotopic (exact) mass is 389 g/mol. The second-order valence-electron chi connectivity index (χ2n) is 8.51. The summed E-state index contributed by atoms with van der Waals surface area (Å²) in [6, 6.07) is 11.1. The van der Waals surface area contributed by atoms with Crippen molar-refractivity contribution in [1.82, 2.24) is 0 Å². The van der Waals surface area contributed by atoms with E-state index in [1.165, 1.54) is 44.6 Å². The molecule has 0 radical (unpaired) electrons. The van der Waals surface area contributed by atoms with Gasteiger partial charge < -0.3 is 14.4 Å². The van der Waals surface area contributed by atoms with E-state index in [-0.39, 0.29) is 12.1 Å². The number of aryl methyl sites for hydroxylation is 3. The van der Waals surface area contributed by atoms with Crippen molar-refractivity contribution in [2.24, 2.45) is 0 Å². The first-order chi connectivity index (χ1) is 13.8. The first-order valence-electron chi connectivity index (χ1n) is 10.4. The van der Waals surface area contributed by atoms with Gasteiger partial charge in [0.15, 0.2) is 0 Å². The molecule has 0 bridgehead atoms. The number of rotatable bonds is 2. The minimum absolute atomic E-state index is 0.00926. The molecule has 0 aromatic heterocycles. The standard InChI is InChI=1S/C26H31NO2/c1-15-11-17(3)21(7)22(12-15)24-13-18(4)25-16(2)9-8-10-23(25)27(24)26-28-19(5)14-20(6)29-26/h8-14,19,24,26H,1-7H3/t19?,24?,26-/m1/s1. The smallest absolute Gasteiger partial charge is 0.284 e. The van der Waals surface area contributed by atoms with E-state index in [0.29, 0.717) is 0 Å². The van der Waals surface area contributed by atoms with Gasteiger partial charge in [-0.2, -0.15) is 0 Å². The largest absolute Gasteiger partial charge is 0.451 e. The zero-order chi connectivity index (χ0) is 20.9. The molecule has 0 saturated heterocycles. The van der Waals surface area contributed by atoms with Crippen LogP contribution >= 0.6 is 0 Å². The molecule has 0 aliphatic carbocycles. The Hall–Kier alpha value is -2.52. The van der Waals surface area contributed by atoms with Crippen LogP contribution < -0.4 is 4.90 Å². The maximum Gasteiger partial charge on any atom is 0.284 e. The molecule has 3 heteroatoms. The molecule has 2 aliphatic heterocycles. The number of anilines is 1. The van der Waals surface area contributed by atoms with Gasteiger partial charge in [-0.05, 0) is 88.4 Å². The molecule has 3 atom stereocenters. The maximum absolute atomic E-state index is 6.28. The van der Waals surface area contributed by atoms with E-state index in [2.05, 4.69) is 82.9 Å². The summed E-state index contributed by atoms with van der Waals surface area (Å²) in [5.41, 5.74) is 10.2. The zero-order valence-electron chi connectivity index (χ0n) is 18.5. The van der Waals surface area contributed by atoms with E-state index in [9.17, 15) is 0 Å². The third kappa shape index (κ3) is 3.49. The Morgan fingerprint density at radius 1 is 0.897 bits per heavy atom. The normalized spacial score (nSPS) is 23.8. The summed E-state index contributed by atoms with van der Waals surface area (Å²) in [6.07, 6.45) is 3.93. The summed E-state index contributed by atoms with van der Waals surface area (Å²) < 4.78 is 12.5. The Bertz CT molecular complexity index is 1020. The molecule has 0 amide bonds. The Labute approximate surface area is 174 Å². The molecule has 0 saturated carbocycles. The summed E-state index contributed by atoms with van der Waals surface area (Å²) in [4.78, 5) is 2.31. The number of ether oxygens (including phenoxy) is 2. The van der Waals surface area contributed by atoms with E-state index < -0.39 is 6.41 Å². The van der Waals surface area contributed by atoms with Gasteiger partial charge in [0.05, 0.1) is 23.6 Å². The molecule has 4 rings (SSSR count). The van der Waals surface area contributed by atoms with Gasteiger partial charge in [0.25, 0.3) is 6.41 Å². The molecule has 2 aromatic rings. The average molecular weight is 390 g/mol. The van der Waals surface area contributed by atoms with Gasteiger partial charge in [-0.3, -0.25) is 0 Å².